The molecule has 2 saturated carbocycles. The second-order valence-electron chi connectivity index (χ2n) is 3.62. The standard InChI is InChI=1S/C9H12O4/c1-2-13-9(12)8-6-4(10)3-5(11)7(6)8/h4,6-8,10H,2-3H2,1H3/t4-,6+,7-,8-/m0/s1. The normalized spacial score (nSPS) is 41.5. The number of aliphatic hydroxyl groups excluding tert-OH is 1. The molecule has 4 nitrogen and oxygen atoms in total. The maximum absolute atomic E-state index is 11.2. The van der Waals surface area contributed by atoms with Crippen LogP contribution in [0, 0.1) is 17.8 Å². The highest BCUT2D eigenvalue weighted by Crippen LogP contribution is 2.55. The molecule has 4 atom stereocenters. The van der Waals surface area contributed by atoms with E-state index in [-0.39, 0.29) is 35.9 Å². The van der Waals surface area contributed by atoms with Crippen molar-refractivity contribution in [2.45, 2.75) is 19.4 Å². The molecule has 0 radical (unpaired) electrons. The van der Waals surface area contributed by atoms with E-state index in [0.29, 0.717) is 6.61 Å². The van der Waals surface area contributed by atoms with E-state index >= 15 is 0 Å². The van der Waals surface area contributed by atoms with E-state index in [9.17, 15) is 14.7 Å². The number of aliphatic hydroxyl groups is 1. The van der Waals surface area contributed by atoms with Crippen molar-refractivity contribution in [1.29, 1.82) is 0 Å². The SMILES string of the molecule is CCOC(=O)[C@@H]1[C@H]2C(=O)C[C@H](O)[C@H]21. The number of hydrogen-bond donors (Lipinski definition) is 1. The average molecular weight is 184 g/mol. The van der Waals surface area contributed by atoms with Crippen LogP contribution in [-0.4, -0.2) is 29.6 Å². The number of carbonyl (C=O) groups is 2. The molecule has 0 amide bonds. The first-order valence-corrected chi connectivity index (χ1v) is 4.54. The smallest absolute Gasteiger partial charge is 0.310 e. The minimum absolute atomic E-state index is 0.00977. The molecule has 0 spiro atoms. The van der Waals surface area contributed by atoms with E-state index in [0.717, 1.165) is 0 Å². The third kappa shape index (κ3) is 1.16. The van der Waals surface area contributed by atoms with Crippen molar-refractivity contribution < 1.29 is 19.4 Å². The van der Waals surface area contributed by atoms with Crippen LogP contribution in [0.4, 0.5) is 0 Å². The van der Waals surface area contributed by atoms with Gasteiger partial charge < -0.3 is 9.84 Å². The third-order valence-electron chi connectivity index (χ3n) is 2.86. The third-order valence-corrected chi connectivity index (χ3v) is 2.86. The summed E-state index contributed by atoms with van der Waals surface area (Å²) < 4.78 is 4.80. The lowest BCUT2D eigenvalue weighted by molar-refractivity contribution is -0.147. The first-order chi connectivity index (χ1) is 6.16. The Bertz CT molecular complexity index is 260. The van der Waals surface area contributed by atoms with E-state index in [4.69, 9.17) is 4.74 Å². The lowest BCUT2D eigenvalue weighted by atomic mass is 10.1. The molecule has 1 N–H and O–H groups in total. The number of ether oxygens (including phenoxy) is 1. The van der Waals surface area contributed by atoms with Gasteiger partial charge in [-0.15, -0.1) is 0 Å². The van der Waals surface area contributed by atoms with Gasteiger partial charge in [0.2, 0.25) is 0 Å². The van der Waals surface area contributed by atoms with Crippen LogP contribution in [0.25, 0.3) is 0 Å². The van der Waals surface area contributed by atoms with Crippen molar-refractivity contribution in [3.63, 3.8) is 0 Å². The molecule has 72 valence electrons. The molecule has 0 aromatic carbocycles. The van der Waals surface area contributed by atoms with Crippen molar-refractivity contribution in [3.05, 3.63) is 0 Å². The summed E-state index contributed by atoms with van der Waals surface area (Å²) in [4.78, 5) is 22.4. The fraction of sp³-hybridized carbons (Fsp3) is 0.778. The second kappa shape index (κ2) is 2.80. The van der Waals surface area contributed by atoms with Crippen molar-refractivity contribution >= 4 is 11.8 Å². The summed E-state index contributed by atoms with van der Waals surface area (Å²) in [5.41, 5.74) is 0. The summed E-state index contributed by atoms with van der Waals surface area (Å²) in [6.45, 7) is 2.06. The van der Waals surface area contributed by atoms with E-state index in [2.05, 4.69) is 0 Å². The topological polar surface area (TPSA) is 63.6 Å². The van der Waals surface area contributed by atoms with E-state index < -0.39 is 6.10 Å². The summed E-state index contributed by atoms with van der Waals surface area (Å²) >= 11 is 0. The van der Waals surface area contributed by atoms with Gasteiger partial charge in [-0.25, -0.2) is 0 Å². The summed E-state index contributed by atoms with van der Waals surface area (Å²) in [5, 5.41) is 9.37. The number of rotatable bonds is 2. The van der Waals surface area contributed by atoms with Gasteiger partial charge in [-0.2, -0.15) is 0 Å². The summed E-state index contributed by atoms with van der Waals surface area (Å²) in [5.74, 6) is -1.06. The number of carbonyl (C=O) groups excluding carboxylic acids is 2. The zero-order chi connectivity index (χ0) is 9.59. The van der Waals surface area contributed by atoms with Gasteiger partial charge in [-0.05, 0) is 6.92 Å². The summed E-state index contributed by atoms with van der Waals surface area (Å²) in [6.07, 6.45) is -0.405. The lowest BCUT2D eigenvalue weighted by Gasteiger charge is -2.06. The van der Waals surface area contributed by atoms with E-state index in [1.165, 1.54) is 0 Å². The number of hydrogen-bond acceptors (Lipinski definition) is 4. The van der Waals surface area contributed by atoms with Crippen LogP contribution in [0.2, 0.25) is 0 Å². The Hall–Kier alpha value is -0.900. The predicted molar refractivity (Wildman–Crippen MR) is 42.7 cm³/mol. The van der Waals surface area contributed by atoms with Gasteiger partial charge in [0.15, 0.2) is 0 Å². The monoisotopic (exact) mass is 184 g/mol. The Morgan fingerprint density at radius 2 is 2.38 bits per heavy atom. The summed E-state index contributed by atoms with van der Waals surface area (Å²) in [6, 6.07) is 0. The molecule has 0 unspecified atom stereocenters. The van der Waals surface area contributed by atoms with Crippen molar-refractivity contribution in [1.82, 2.24) is 0 Å². The van der Waals surface area contributed by atoms with Gasteiger partial charge in [0.25, 0.3) is 0 Å². The number of fused-ring (bicyclic) bond motifs is 1. The molecule has 4 heteroatoms. The van der Waals surface area contributed by atoms with Crippen LogP contribution in [-0.2, 0) is 14.3 Å². The fourth-order valence-corrected chi connectivity index (χ4v) is 2.25. The molecule has 2 aliphatic rings. The maximum atomic E-state index is 11.2. The Morgan fingerprint density at radius 1 is 1.69 bits per heavy atom. The van der Waals surface area contributed by atoms with Gasteiger partial charge in [0.1, 0.15) is 5.78 Å². The highest BCUT2D eigenvalue weighted by atomic mass is 16.5. The van der Waals surface area contributed by atoms with Crippen LogP contribution in [0.15, 0.2) is 0 Å². The minimum atomic E-state index is -0.619. The number of Topliss-reactive ketones (excluding diaryl/α,β-unsaturated/α-hetero) is 1. The van der Waals surface area contributed by atoms with Gasteiger partial charge in [0, 0.05) is 18.3 Å². The zero-order valence-electron chi connectivity index (χ0n) is 7.40. The highest BCUT2D eigenvalue weighted by molar-refractivity contribution is 5.95. The Labute approximate surface area is 75.9 Å². The van der Waals surface area contributed by atoms with Gasteiger partial charge in [0.05, 0.1) is 18.6 Å². The molecule has 0 aromatic rings. The highest BCUT2D eigenvalue weighted by Gasteiger charge is 2.66. The molecule has 0 heterocycles. The fourth-order valence-electron chi connectivity index (χ4n) is 2.25. The van der Waals surface area contributed by atoms with Crippen LogP contribution in [0.3, 0.4) is 0 Å². The molecule has 0 aromatic heterocycles. The lowest BCUT2D eigenvalue weighted by Crippen LogP contribution is -2.18. The van der Waals surface area contributed by atoms with Crippen LogP contribution < -0.4 is 0 Å². The molecule has 0 aliphatic heterocycles. The van der Waals surface area contributed by atoms with Gasteiger partial charge >= 0.3 is 5.97 Å². The Kier molecular flexibility index (Phi) is 1.87. The van der Waals surface area contributed by atoms with Gasteiger partial charge in [-0.1, -0.05) is 0 Å². The zero-order valence-corrected chi connectivity index (χ0v) is 7.40. The van der Waals surface area contributed by atoms with E-state index in [1.54, 1.807) is 6.92 Å². The number of ketones is 1. The molecule has 2 fully saturated rings. The van der Waals surface area contributed by atoms with Crippen LogP contribution in [0.1, 0.15) is 13.3 Å². The quantitative estimate of drug-likeness (QED) is 0.601. The molecule has 13 heavy (non-hydrogen) atoms. The molecule has 0 bridgehead atoms. The average Bonchev–Trinajstić information content (AvgIpc) is 2.72. The van der Waals surface area contributed by atoms with Crippen LogP contribution >= 0.6 is 0 Å². The van der Waals surface area contributed by atoms with Crippen molar-refractivity contribution in [3.8, 4) is 0 Å². The number of esters is 1. The molecule has 2 rings (SSSR count). The van der Waals surface area contributed by atoms with Crippen molar-refractivity contribution in [2.24, 2.45) is 17.8 Å². The van der Waals surface area contributed by atoms with Crippen LogP contribution in [0.5, 0.6) is 0 Å². The summed E-state index contributed by atoms with van der Waals surface area (Å²) in [7, 11) is 0. The van der Waals surface area contributed by atoms with E-state index in [1.807, 2.05) is 0 Å². The predicted octanol–water partition coefficient (Wildman–Crippen LogP) is -0.255. The first-order valence-electron chi connectivity index (χ1n) is 4.54. The molecular weight excluding hydrogens is 172 g/mol. The Balaban J connectivity index is 2.00. The minimum Gasteiger partial charge on any atom is -0.466 e. The largest absolute Gasteiger partial charge is 0.466 e. The van der Waals surface area contributed by atoms with Gasteiger partial charge in [-0.3, -0.25) is 9.59 Å². The molecule has 2 aliphatic carbocycles. The second-order valence-corrected chi connectivity index (χ2v) is 3.62. The van der Waals surface area contributed by atoms with Crippen molar-refractivity contribution in [2.75, 3.05) is 6.61 Å². The first kappa shape index (κ1) is 8.69. The molecular formula is C9H12O4. The molecule has 0 saturated heterocycles. The Morgan fingerprint density at radius 3 is 2.85 bits per heavy atom. The maximum Gasteiger partial charge on any atom is 0.310 e.